The summed E-state index contributed by atoms with van der Waals surface area (Å²) in [6.07, 6.45) is 2.01. The Morgan fingerprint density at radius 3 is 1.80 bits per heavy atom. The van der Waals surface area contributed by atoms with Crippen molar-refractivity contribution >= 4 is 31.4 Å². The van der Waals surface area contributed by atoms with E-state index in [9.17, 15) is 0 Å². The second kappa shape index (κ2) is 45.8. The van der Waals surface area contributed by atoms with Crippen LogP contribution < -0.4 is 0 Å². The van der Waals surface area contributed by atoms with Gasteiger partial charge in [-0.2, -0.15) is 6.42 Å². The molecule has 0 aromatic carbocycles. The zero-order valence-corrected chi connectivity index (χ0v) is 12.4. The molecule has 0 unspecified atom stereocenters. The summed E-state index contributed by atoms with van der Waals surface area (Å²) in [7, 11) is 0. The second-order valence-corrected chi connectivity index (χ2v) is 1.27. The molecule has 0 aliphatic rings. The molecule has 0 aliphatic heterocycles. The van der Waals surface area contributed by atoms with E-state index in [0.29, 0.717) is 0 Å². The van der Waals surface area contributed by atoms with E-state index in [1.165, 1.54) is 14.8 Å². The van der Waals surface area contributed by atoms with Gasteiger partial charge in [-0.05, 0) is 0 Å². The van der Waals surface area contributed by atoms with Crippen molar-refractivity contribution in [2.24, 2.45) is 0 Å². The minimum absolute atomic E-state index is 0. The topological polar surface area (TPSA) is 23.8 Å². The summed E-state index contributed by atoms with van der Waals surface area (Å²) in [6, 6.07) is 0. The third-order valence-corrected chi connectivity index (χ3v) is 0.651. The second-order valence-electron chi connectivity index (χ2n) is 0.896. The fourth-order valence-corrected chi connectivity index (χ4v) is 0.283. The summed E-state index contributed by atoms with van der Waals surface area (Å²) in [5.74, 6) is 0.753. The van der Waals surface area contributed by atoms with Crippen molar-refractivity contribution < 1.29 is 31.9 Å². The van der Waals surface area contributed by atoms with Crippen molar-refractivity contribution in [1.82, 2.24) is 0 Å². The number of hydrogen-bond acceptors (Lipinski definition) is 1. The van der Waals surface area contributed by atoms with Gasteiger partial charge < -0.3 is 18.8 Å². The van der Waals surface area contributed by atoms with Crippen molar-refractivity contribution in [2.75, 3.05) is 5.88 Å². The summed E-state index contributed by atoms with van der Waals surface area (Å²) in [5, 5.41) is 6.25. The van der Waals surface area contributed by atoms with Crippen molar-refractivity contribution in [1.29, 1.82) is 5.26 Å². The van der Waals surface area contributed by atoms with E-state index in [2.05, 4.69) is 26.7 Å². The maximum atomic E-state index is 6.25. The average molecular weight is 373 g/mol. The van der Waals surface area contributed by atoms with Crippen LogP contribution in [0.15, 0.2) is 0 Å². The molecule has 0 atom stereocenters. The molecule has 10 heavy (non-hydrogen) atoms. The van der Waals surface area contributed by atoms with E-state index < -0.39 is 0 Å². The molecular weight excluding hydrogens is 365 g/mol. The van der Waals surface area contributed by atoms with Crippen LogP contribution >= 0.6 is 31.4 Å². The Hall–Kier alpha value is 1.65. The first-order valence-corrected chi connectivity index (χ1v) is 11.8. The van der Waals surface area contributed by atoms with Crippen LogP contribution in [0.2, 0.25) is 0 Å². The normalized spacial score (nSPS) is 5.10. The monoisotopic (exact) mass is 371 g/mol. The number of unbranched alkanes of at least 4 members (excludes halogenated alkanes) is 1. The van der Waals surface area contributed by atoms with Gasteiger partial charge in [-0.3, -0.25) is 0 Å². The van der Waals surface area contributed by atoms with Crippen LogP contribution in [0.4, 0.5) is 0 Å². The molecule has 0 aliphatic carbocycles. The SMILES string of the molecule is [C-]#N.[CH2-]CCCCl.[Cu+].[Zn+][I]. The van der Waals surface area contributed by atoms with Crippen LogP contribution in [0.5, 0.6) is 0 Å². The molecule has 0 amide bonds. The molecule has 0 saturated carbocycles. The van der Waals surface area contributed by atoms with Crippen LogP contribution in [0.25, 0.3) is 0 Å². The number of nitrogens with zero attached hydrogens (tertiary/aromatic N) is 1. The fraction of sp³-hybridized carbons (Fsp3) is 0.600. The Kier molecular flexibility index (Phi) is 104. The zero-order chi connectivity index (χ0) is 8.12. The molecule has 5 heteroatoms. The zero-order valence-electron chi connectivity index (χ0n) is 5.54. The molecule has 0 aromatic rings. The number of rotatable bonds is 2. The van der Waals surface area contributed by atoms with Gasteiger partial charge in [-0.1, -0.05) is 6.42 Å². The predicted octanol–water partition coefficient (Wildman–Crippen LogP) is 2.82. The van der Waals surface area contributed by atoms with Crippen LogP contribution in [0.1, 0.15) is 12.8 Å². The summed E-state index contributed by atoms with van der Waals surface area (Å²) in [6.45, 7) is 8.34. The fourth-order valence-electron chi connectivity index (χ4n) is 0.0945. The van der Waals surface area contributed by atoms with Gasteiger partial charge >= 0.3 is 51.6 Å². The molecule has 0 aromatic heterocycles. The molecule has 0 fully saturated rings. The van der Waals surface area contributed by atoms with Gasteiger partial charge in [0.15, 0.2) is 0 Å². The third-order valence-electron chi connectivity index (χ3n) is 0.384. The Morgan fingerprint density at radius 1 is 1.50 bits per heavy atom. The number of hydrogen-bond donors (Lipinski definition) is 0. The van der Waals surface area contributed by atoms with Gasteiger partial charge in [0.25, 0.3) is 0 Å². The molecule has 1 nitrogen and oxygen atoms in total. The molecule has 60 valence electrons. The summed E-state index contributed by atoms with van der Waals surface area (Å²) in [5.41, 5.74) is 0. The van der Waals surface area contributed by atoms with Gasteiger partial charge in [0.2, 0.25) is 0 Å². The summed E-state index contributed by atoms with van der Waals surface area (Å²) < 4.78 is 0. The summed E-state index contributed by atoms with van der Waals surface area (Å²) in [4.78, 5) is 0. The van der Waals surface area contributed by atoms with E-state index in [1.54, 1.807) is 0 Å². The van der Waals surface area contributed by atoms with Crippen molar-refractivity contribution in [3.63, 3.8) is 0 Å². The molecule has 0 saturated heterocycles. The standard InChI is InChI=1S/C4H8Cl.CN.Cu.HI.Zn/c1-2-3-4-5;1-2;;;/h1-4H2;;;1H;/q2*-1;+1;;+2/p-1. The number of halogens is 2. The molecule has 0 N–H and O–H groups in total. The minimum atomic E-state index is 0. The third kappa shape index (κ3) is 54.2. The molecule has 0 radical (unpaired) electrons. The van der Waals surface area contributed by atoms with E-state index in [0.717, 1.165) is 18.7 Å². The van der Waals surface area contributed by atoms with E-state index in [4.69, 9.17) is 23.4 Å². The molecule has 0 spiro atoms. The molecule has 0 rings (SSSR count). The first-order chi connectivity index (χ1) is 4.41. The Labute approximate surface area is 99.6 Å². The van der Waals surface area contributed by atoms with Crippen molar-refractivity contribution in [3.8, 4) is 0 Å². The average Bonchev–Trinajstić information content (AvgIpc) is 1.98. The van der Waals surface area contributed by atoms with E-state index in [-0.39, 0.29) is 17.1 Å². The predicted molar refractivity (Wildman–Crippen MR) is 44.3 cm³/mol. The first kappa shape index (κ1) is 22.6. The van der Waals surface area contributed by atoms with Crippen molar-refractivity contribution in [3.05, 3.63) is 13.5 Å². The quantitative estimate of drug-likeness (QED) is 0.316. The van der Waals surface area contributed by atoms with Gasteiger partial charge in [0.1, 0.15) is 0 Å². The van der Waals surface area contributed by atoms with Gasteiger partial charge in [0.05, 0.1) is 0 Å². The number of alkyl halides is 1. The Morgan fingerprint density at radius 2 is 1.80 bits per heavy atom. The molecule has 0 heterocycles. The first-order valence-electron chi connectivity index (χ1n) is 2.26. The van der Waals surface area contributed by atoms with Gasteiger partial charge in [-0.25, -0.2) is 0 Å². The molecule has 0 bridgehead atoms. The van der Waals surface area contributed by atoms with Crippen LogP contribution in [0, 0.1) is 18.8 Å². The van der Waals surface area contributed by atoms with Crippen LogP contribution in [-0.4, -0.2) is 5.88 Å². The Bertz CT molecular complexity index is 45.9. The van der Waals surface area contributed by atoms with E-state index >= 15 is 0 Å². The Balaban J connectivity index is -0.0000000315. The van der Waals surface area contributed by atoms with Gasteiger partial charge in [-0.15, -0.1) is 11.6 Å². The molecular formula is C5H8ClCuINZn. The maximum absolute atomic E-state index is 6.25. The van der Waals surface area contributed by atoms with Crippen LogP contribution in [-0.2, 0) is 31.9 Å². The van der Waals surface area contributed by atoms with Crippen LogP contribution in [0.3, 0.4) is 0 Å². The van der Waals surface area contributed by atoms with E-state index in [1.807, 2.05) is 0 Å². The van der Waals surface area contributed by atoms with Gasteiger partial charge in [0, 0.05) is 5.88 Å². The van der Waals surface area contributed by atoms with Crippen molar-refractivity contribution in [2.45, 2.75) is 12.8 Å². The summed E-state index contributed by atoms with van der Waals surface area (Å²) >= 11 is 8.88.